The summed E-state index contributed by atoms with van der Waals surface area (Å²) in [4.78, 5) is 0. The van der Waals surface area contributed by atoms with Crippen LogP contribution in [0.3, 0.4) is 0 Å². The van der Waals surface area contributed by atoms with Gasteiger partial charge in [-0.25, -0.2) is 4.68 Å². The maximum Gasteiger partial charge on any atom is 0.220 e. The summed E-state index contributed by atoms with van der Waals surface area (Å²) in [7, 11) is 1.71. The Morgan fingerprint density at radius 2 is 2.06 bits per heavy atom. The van der Waals surface area contributed by atoms with Crippen LogP contribution < -0.4 is 4.74 Å². The molecule has 0 radical (unpaired) electrons. The maximum absolute atomic E-state index is 5.47. The van der Waals surface area contributed by atoms with E-state index in [2.05, 4.69) is 5.10 Å². The van der Waals surface area contributed by atoms with Crippen molar-refractivity contribution in [1.82, 2.24) is 9.78 Å². The minimum atomic E-state index is 0.881. The third kappa shape index (κ3) is 1.41. The van der Waals surface area contributed by atoms with Gasteiger partial charge in [-0.3, -0.25) is 0 Å². The molecule has 0 spiro atoms. The highest BCUT2D eigenvalue weighted by molar-refractivity contribution is 7.98. The van der Waals surface area contributed by atoms with Crippen molar-refractivity contribution in [2.75, 3.05) is 7.11 Å². The van der Waals surface area contributed by atoms with Gasteiger partial charge in [0, 0.05) is 17.1 Å². The van der Waals surface area contributed by atoms with Crippen molar-refractivity contribution in [3.63, 3.8) is 0 Å². The number of aromatic nitrogens is 2. The SMILES string of the molecule is COc1c2c(nn1-c1ccccc1)CSC2. The Balaban J connectivity index is 2.15. The molecule has 0 N–H and O–H groups in total. The van der Waals surface area contributed by atoms with Gasteiger partial charge in [0.15, 0.2) is 0 Å². The Morgan fingerprint density at radius 1 is 1.25 bits per heavy atom. The molecule has 0 bridgehead atoms. The molecule has 2 heterocycles. The van der Waals surface area contributed by atoms with E-state index >= 15 is 0 Å². The highest BCUT2D eigenvalue weighted by Crippen LogP contribution is 2.37. The first kappa shape index (κ1) is 9.78. The molecule has 0 aliphatic carbocycles. The average molecular weight is 232 g/mol. The Bertz CT molecular complexity index is 507. The lowest BCUT2D eigenvalue weighted by molar-refractivity contribution is 0.380. The van der Waals surface area contributed by atoms with Gasteiger partial charge in [-0.2, -0.15) is 16.9 Å². The molecule has 3 nitrogen and oxygen atoms in total. The molecule has 2 aromatic rings. The largest absolute Gasteiger partial charge is 0.481 e. The van der Waals surface area contributed by atoms with Crippen LogP contribution in [0.15, 0.2) is 30.3 Å². The van der Waals surface area contributed by atoms with E-state index in [1.807, 2.05) is 46.8 Å². The second-order valence-electron chi connectivity index (χ2n) is 3.67. The maximum atomic E-state index is 5.47. The molecule has 0 fully saturated rings. The van der Waals surface area contributed by atoms with Crippen LogP contribution in [0.2, 0.25) is 0 Å². The van der Waals surface area contributed by atoms with E-state index in [0.29, 0.717) is 0 Å². The number of ether oxygens (including phenoxy) is 1. The molecule has 0 saturated carbocycles. The molecule has 1 aliphatic rings. The number of para-hydroxylation sites is 1. The second-order valence-corrected chi connectivity index (χ2v) is 4.66. The topological polar surface area (TPSA) is 27.1 Å². The van der Waals surface area contributed by atoms with Gasteiger partial charge in [-0.1, -0.05) is 18.2 Å². The van der Waals surface area contributed by atoms with Crippen molar-refractivity contribution in [3.05, 3.63) is 41.6 Å². The number of hydrogen-bond donors (Lipinski definition) is 0. The van der Waals surface area contributed by atoms with Crippen molar-refractivity contribution in [3.8, 4) is 11.6 Å². The summed E-state index contributed by atoms with van der Waals surface area (Å²) in [6, 6.07) is 10.1. The van der Waals surface area contributed by atoms with Crippen LogP contribution in [0.1, 0.15) is 11.3 Å². The zero-order chi connectivity index (χ0) is 11.0. The van der Waals surface area contributed by atoms with Gasteiger partial charge >= 0.3 is 0 Å². The number of nitrogens with zero attached hydrogens (tertiary/aromatic N) is 2. The first-order chi connectivity index (χ1) is 7.90. The predicted octanol–water partition coefficient (Wildman–Crippen LogP) is 2.63. The van der Waals surface area contributed by atoms with Gasteiger partial charge in [0.2, 0.25) is 5.88 Å². The first-order valence-corrected chi connectivity index (χ1v) is 6.33. The van der Waals surface area contributed by atoms with Crippen molar-refractivity contribution in [2.24, 2.45) is 0 Å². The fourth-order valence-electron chi connectivity index (χ4n) is 1.94. The monoisotopic (exact) mass is 232 g/mol. The third-order valence-corrected chi connectivity index (χ3v) is 3.67. The van der Waals surface area contributed by atoms with Crippen LogP contribution in [0.25, 0.3) is 5.69 Å². The van der Waals surface area contributed by atoms with Gasteiger partial charge in [-0.05, 0) is 12.1 Å². The smallest absolute Gasteiger partial charge is 0.220 e. The standard InChI is InChI=1S/C12H12N2OS/c1-15-12-10-7-16-8-11(10)13-14(12)9-5-3-2-4-6-9/h2-6H,7-8H2,1H3. The van der Waals surface area contributed by atoms with Gasteiger partial charge in [0.05, 0.1) is 18.5 Å². The van der Waals surface area contributed by atoms with E-state index < -0.39 is 0 Å². The Hall–Kier alpha value is -1.42. The Labute approximate surface area is 98.4 Å². The van der Waals surface area contributed by atoms with Crippen molar-refractivity contribution >= 4 is 11.8 Å². The van der Waals surface area contributed by atoms with Crippen LogP contribution in [-0.4, -0.2) is 16.9 Å². The number of rotatable bonds is 2. The first-order valence-electron chi connectivity index (χ1n) is 5.18. The van der Waals surface area contributed by atoms with Gasteiger partial charge < -0.3 is 4.74 Å². The molecule has 0 atom stereocenters. The summed E-state index contributed by atoms with van der Waals surface area (Å²) < 4.78 is 7.36. The molecule has 3 rings (SSSR count). The van der Waals surface area contributed by atoms with E-state index in [-0.39, 0.29) is 0 Å². The summed E-state index contributed by atoms with van der Waals surface area (Å²) in [5, 5.41) is 4.60. The fraction of sp³-hybridized carbons (Fsp3) is 0.250. The summed E-state index contributed by atoms with van der Waals surface area (Å²) in [5.74, 6) is 2.88. The molecule has 0 unspecified atom stereocenters. The highest BCUT2D eigenvalue weighted by Gasteiger charge is 2.23. The minimum Gasteiger partial charge on any atom is -0.481 e. The van der Waals surface area contributed by atoms with Crippen molar-refractivity contribution in [2.45, 2.75) is 11.5 Å². The number of benzene rings is 1. The molecule has 1 aromatic carbocycles. The summed E-state index contributed by atoms with van der Waals surface area (Å²) >= 11 is 1.89. The average Bonchev–Trinajstić information content (AvgIpc) is 2.89. The van der Waals surface area contributed by atoms with Crippen molar-refractivity contribution in [1.29, 1.82) is 0 Å². The third-order valence-electron chi connectivity index (χ3n) is 2.70. The van der Waals surface area contributed by atoms with Crippen LogP contribution in [0, 0.1) is 0 Å². The Morgan fingerprint density at radius 3 is 2.81 bits per heavy atom. The Kier molecular flexibility index (Phi) is 2.36. The molecular formula is C12H12N2OS. The highest BCUT2D eigenvalue weighted by atomic mass is 32.2. The number of methoxy groups -OCH3 is 1. The van der Waals surface area contributed by atoms with E-state index in [1.54, 1.807) is 7.11 Å². The van der Waals surface area contributed by atoms with Crippen LogP contribution in [0.5, 0.6) is 5.88 Å². The number of hydrogen-bond acceptors (Lipinski definition) is 3. The summed E-state index contributed by atoms with van der Waals surface area (Å²) in [6.07, 6.45) is 0. The lowest BCUT2D eigenvalue weighted by Gasteiger charge is -2.07. The molecule has 16 heavy (non-hydrogen) atoms. The van der Waals surface area contributed by atoms with Crippen LogP contribution in [0.4, 0.5) is 0 Å². The molecule has 1 aliphatic heterocycles. The molecule has 0 amide bonds. The van der Waals surface area contributed by atoms with Crippen LogP contribution in [-0.2, 0) is 11.5 Å². The number of fused-ring (bicyclic) bond motifs is 1. The summed E-state index contributed by atoms with van der Waals surface area (Å²) in [6.45, 7) is 0. The van der Waals surface area contributed by atoms with E-state index in [0.717, 1.165) is 28.8 Å². The normalized spacial score (nSPS) is 13.8. The van der Waals surface area contributed by atoms with Crippen molar-refractivity contribution < 1.29 is 4.74 Å². The quantitative estimate of drug-likeness (QED) is 0.796. The van der Waals surface area contributed by atoms with Gasteiger partial charge in [0.25, 0.3) is 0 Å². The second kappa shape index (κ2) is 3.87. The lowest BCUT2D eigenvalue weighted by atomic mass is 10.3. The van der Waals surface area contributed by atoms with Gasteiger partial charge in [-0.15, -0.1) is 0 Å². The number of thioether (sulfide) groups is 1. The molecule has 0 saturated heterocycles. The molecule has 82 valence electrons. The zero-order valence-corrected chi connectivity index (χ0v) is 9.83. The van der Waals surface area contributed by atoms with Crippen LogP contribution >= 0.6 is 11.8 Å². The molecular weight excluding hydrogens is 220 g/mol. The van der Waals surface area contributed by atoms with E-state index in [9.17, 15) is 0 Å². The lowest BCUT2D eigenvalue weighted by Crippen LogP contribution is -2.00. The van der Waals surface area contributed by atoms with Gasteiger partial charge in [0.1, 0.15) is 0 Å². The van der Waals surface area contributed by atoms with E-state index in [1.165, 1.54) is 5.56 Å². The molecule has 1 aromatic heterocycles. The fourth-order valence-corrected chi connectivity index (χ4v) is 2.96. The zero-order valence-electron chi connectivity index (χ0n) is 9.01. The summed E-state index contributed by atoms with van der Waals surface area (Å²) in [5.41, 5.74) is 3.46. The van der Waals surface area contributed by atoms with E-state index in [4.69, 9.17) is 4.74 Å². The minimum absolute atomic E-state index is 0.881. The molecule has 4 heteroatoms. The predicted molar refractivity (Wildman–Crippen MR) is 65.1 cm³/mol.